The molecule has 1 aliphatic heterocycles. The van der Waals surface area contributed by atoms with Crippen LogP contribution in [0.4, 0.5) is 5.69 Å². The lowest BCUT2D eigenvalue weighted by molar-refractivity contribution is -0.122. The molecule has 2 aromatic carbocycles. The van der Waals surface area contributed by atoms with Crippen molar-refractivity contribution >= 4 is 11.6 Å². The molecule has 3 aromatic rings. The molecule has 8 nitrogen and oxygen atoms in total. The van der Waals surface area contributed by atoms with Gasteiger partial charge in [0.05, 0.1) is 13.7 Å². The number of anilines is 1. The van der Waals surface area contributed by atoms with Gasteiger partial charge in [-0.2, -0.15) is 4.80 Å². The zero-order chi connectivity index (χ0) is 21.5. The van der Waals surface area contributed by atoms with Gasteiger partial charge in [0.15, 0.2) is 0 Å². The molecule has 0 unspecified atom stereocenters. The van der Waals surface area contributed by atoms with Crippen LogP contribution in [-0.4, -0.2) is 52.4 Å². The van der Waals surface area contributed by atoms with E-state index < -0.39 is 0 Å². The zero-order valence-electron chi connectivity index (χ0n) is 17.8. The number of aromatic nitrogens is 4. The van der Waals surface area contributed by atoms with Gasteiger partial charge < -0.3 is 15.0 Å². The highest BCUT2D eigenvalue weighted by atomic mass is 16.5. The molecule has 0 bridgehead atoms. The fraction of sp³-hybridized carbons (Fsp3) is 0.391. The normalized spacial score (nSPS) is 14.4. The summed E-state index contributed by atoms with van der Waals surface area (Å²) in [6.45, 7) is 2.44. The van der Waals surface area contributed by atoms with E-state index in [0.717, 1.165) is 37.2 Å². The maximum absolute atomic E-state index is 12.3. The summed E-state index contributed by atoms with van der Waals surface area (Å²) < 4.78 is 5.22. The second-order valence-corrected chi connectivity index (χ2v) is 7.71. The number of ether oxygens (including phenoxy) is 1. The Morgan fingerprint density at radius 1 is 1.10 bits per heavy atom. The molecule has 1 fully saturated rings. The van der Waals surface area contributed by atoms with Crippen LogP contribution in [0, 0.1) is 0 Å². The smallest absolute Gasteiger partial charge is 0.220 e. The molecule has 0 spiro atoms. The topological polar surface area (TPSA) is 85.2 Å². The van der Waals surface area contributed by atoms with E-state index in [1.165, 1.54) is 5.69 Å². The number of methoxy groups -OCH3 is 1. The monoisotopic (exact) mass is 420 g/mol. The zero-order valence-corrected chi connectivity index (χ0v) is 17.8. The average Bonchev–Trinajstić information content (AvgIpc) is 3.29. The standard InChI is InChI=1S/C23H28N6O2/c1-31-21-11-9-20(10-12-21)28-16-13-19(14-17-28)24-22(30)8-5-15-29-26-23(25-27-29)18-6-3-2-4-7-18/h2-4,6-7,9-12,19H,5,8,13-17H2,1H3,(H,24,30). The van der Waals surface area contributed by atoms with E-state index in [-0.39, 0.29) is 11.9 Å². The minimum absolute atomic E-state index is 0.0892. The predicted molar refractivity (Wildman–Crippen MR) is 119 cm³/mol. The van der Waals surface area contributed by atoms with Crippen molar-refractivity contribution in [1.82, 2.24) is 25.5 Å². The van der Waals surface area contributed by atoms with Crippen molar-refractivity contribution in [3.8, 4) is 17.1 Å². The number of nitrogens with one attached hydrogen (secondary N) is 1. The molecule has 1 aromatic heterocycles. The summed E-state index contributed by atoms with van der Waals surface area (Å²) in [7, 11) is 1.67. The molecule has 4 rings (SSSR count). The minimum Gasteiger partial charge on any atom is -0.497 e. The van der Waals surface area contributed by atoms with Gasteiger partial charge in [-0.3, -0.25) is 4.79 Å². The Morgan fingerprint density at radius 2 is 1.84 bits per heavy atom. The third kappa shape index (κ3) is 5.59. The summed E-state index contributed by atoms with van der Waals surface area (Å²) in [5.41, 5.74) is 2.13. The maximum Gasteiger partial charge on any atom is 0.220 e. The summed E-state index contributed by atoms with van der Waals surface area (Å²) >= 11 is 0. The van der Waals surface area contributed by atoms with Gasteiger partial charge in [-0.25, -0.2) is 0 Å². The largest absolute Gasteiger partial charge is 0.497 e. The fourth-order valence-electron chi connectivity index (χ4n) is 3.80. The average molecular weight is 421 g/mol. The van der Waals surface area contributed by atoms with Crippen molar-refractivity contribution < 1.29 is 9.53 Å². The Morgan fingerprint density at radius 3 is 2.55 bits per heavy atom. The van der Waals surface area contributed by atoms with E-state index in [2.05, 4.69) is 37.8 Å². The van der Waals surface area contributed by atoms with Crippen LogP contribution in [0.3, 0.4) is 0 Å². The molecule has 31 heavy (non-hydrogen) atoms. The summed E-state index contributed by atoms with van der Waals surface area (Å²) in [6.07, 6.45) is 3.04. The number of rotatable bonds is 8. The van der Waals surface area contributed by atoms with Gasteiger partial charge in [0.25, 0.3) is 0 Å². The Bertz CT molecular complexity index is 965. The lowest BCUT2D eigenvalue weighted by atomic mass is 10.0. The Kier molecular flexibility index (Phi) is 6.76. The van der Waals surface area contributed by atoms with Crippen LogP contribution < -0.4 is 15.0 Å². The number of carbonyl (C=O) groups is 1. The fourth-order valence-corrected chi connectivity index (χ4v) is 3.80. The molecule has 2 heterocycles. The summed E-state index contributed by atoms with van der Waals surface area (Å²) in [4.78, 5) is 16.3. The van der Waals surface area contributed by atoms with Crippen molar-refractivity contribution in [3.05, 3.63) is 54.6 Å². The molecule has 0 saturated carbocycles. The quantitative estimate of drug-likeness (QED) is 0.603. The number of carbonyl (C=O) groups excluding carboxylic acids is 1. The van der Waals surface area contributed by atoms with Crippen LogP contribution in [0.1, 0.15) is 25.7 Å². The molecule has 1 saturated heterocycles. The summed E-state index contributed by atoms with van der Waals surface area (Å²) in [5, 5.41) is 15.7. The van der Waals surface area contributed by atoms with Crippen molar-refractivity contribution in [1.29, 1.82) is 0 Å². The van der Waals surface area contributed by atoms with E-state index >= 15 is 0 Å². The van der Waals surface area contributed by atoms with Gasteiger partial charge >= 0.3 is 0 Å². The molecule has 8 heteroatoms. The van der Waals surface area contributed by atoms with Gasteiger partial charge in [-0.05, 0) is 48.7 Å². The van der Waals surface area contributed by atoms with Gasteiger partial charge in [-0.1, -0.05) is 30.3 Å². The Labute approximate surface area is 182 Å². The van der Waals surface area contributed by atoms with Gasteiger partial charge in [0.2, 0.25) is 11.7 Å². The van der Waals surface area contributed by atoms with Crippen LogP contribution in [0.15, 0.2) is 54.6 Å². The predicted octanol–water partition coefficient (Wildman–Crippen LogP) is 2.91. The van der Waals surface area contributed by atoms with E-state index in [0.29, 0.717) is 25.2 Å². The van der Waals surface area contributed by atoms with Crippen LogP contribution >= 0.6 is 0 Å². The van der Waals surface area contributed by atoms with Crippen LogP contribution in [0.25, 0.3) is 11.4 Å². The van der Waals surface area contributed by atoms with E-state index in [4.69, 9.17) is 4.74 Å². The summed E-state index contributed by atoms with van der Waals surface area (Å²) in [5.74, 6) is 1.56. The highest BCUT2D eigenvalue weighted by Crippen LogP contribution is 2.23. The van der Waals surface area contributed by atoms with Crippen LogP contribution in [-0.2, 0) is 11.3 Å². The van der Waals surface area contributed by atoms with Crippen LogP contribution in [0.2, 0.25) is 0 Å². The number of piperidine rings is 1. The number of aryl methyl sites for hydroxylation is 1. The molecule has 162 valence electrons. The number of tetrazole rings is 1. The lowest BCUT2D eigenvalue weighted by Gasteiger charge is -2.34. The van der Waals surface area contributed by atoms with Gasteiger partial charge in [-0.15, -0.1) is 10.2 Å². The molecule has 1 amide bonds. The van der Waals surface area contributed by atoms with E-state index in [1.54, 1.807) is 11.9 Å². The molecule has 0 aliphatic carbocycles. The van der Waals surface area contributed by atoms with E-state index in [9.17, 15) is 4.79 Å². The van der Waals surface area contributed by atoms with Crippen molar-refractivity contribution in [3.63, 3.8) is 0 Å². The second kappa shape index (κ2) is 10.1. The third-order valence-corrected chi connectivity index (χ3v) is 5.54. The summed E-state index contributed by atoms with van der Waals surface area (Å²) in [6, 6.07) is 18.1. The minimum atomic E-state index is 0.0892. The molecule has 1 aliphatic rings. The van der Waals surface area contributed by atoms with E-state index in [1.807, 2.05) is 42.5 Å². The van der Waals surface area contributed by atoms with Crippen LogP contribution in [0.5, 0.6) is 5.75 Å². The SMILES string of the molecule is COc1ccc(N2CCC(NC(=O)CCCn3nnc(-c4ccccc4)n3)CC2)cc1. The number of hydrogen-bond acceptors (Lipinski definition) is 6. The number of hydrogen-bond donors (Lipinski definition) is 1. The molecular weight excluding hydrogens is 392 g/mol. The van der Waals surface area contributed by atoms with Crippen molar-refractivity contribution in [2.75, 3.05) is 25.1 Å². The lowest BCUT2D eigenvalue weighted by Crippen LogP contribution is -2.44. The number of benzene rings is 2. The highest BCUT2D eigenvalue weighted by Gasteiger charge is 2.21. The molecular formula is C23H28N6O2. The Balaban J connectivity index is 1.17. The first-order chi connectivity index (χ1) is 15.2. The molecule has 0 radical (unpaired) electrons. The second-order valence-electron chi connectivity index (χ2n) is 7.71. The van der Waals surface area contributed by atoms with Crippen molar-refractivity contribution in [2.45, 2.75) is 38.3 Å². The third-order valence-electron chi connectivity index (χ3n) is 5.54. The maximum atomic E-state index is 12.3. The Hall–Kier alpha value is -3.42. The first-order valence-electron chi connectivity index (χ1n) is 10.7. The first kappa shape index (κ1) is 20.8. The molecule has 1 N–H and O–H groups in total. The first-order valence-corrected chi connectivity index (χ1v) is 10.7. The number of nitrogens with zero attached hydrogens (tertiary/aromatic N) is 5. The van der Waals surface area contributed by atoms with Gasteiger partial charge in [0, 0.05) is 36.8 Å². The molecule has 0 atom stereocenters. The highest BCUT2D eigenvalue weighted by molar-refractivity contribution is 5.76. The number of amides is 1. The van der Waals surface area contributed by atoms with Gasteiger partial charge in [0.1, 0.15) is 5.75 Å². The van der Waals surface area contributed by atoms with Crippen molar-refractivity contribution in [2.24, 2.45) is 0 Å².